The predicted molar refractivity (Wildman–Crippen MR) is 123 cm³/mol. The molecule has 0 saturated carbocycles. The fourth-order valence-corrected chi connectivity index (χ4v) is 3.91. The van der Waals surface area contributed by atoms with Gasteiger partial charge in [-0.15, -0.1) is 10.2 Å². The summed E-state index contributed by atoms with van der Waals surface area (Å²) in [4.78, 5) is 16.5. The van der Waals surface area contributed by atoms with Gasteiger partial charge in [0.05, 0.1) is 11.4 Å². The van der Waals surface area contributed by atoms with Crippen molar-refractivity contribution in [3.05, 3.63) is 89.7 Å². The maximum Gasteiger partial charge on any atom is 0.230 e. The van der Waals surface area contributed by atoms with E-state index in [9.17, 15) is 4.79 Å². The maximum atomic E-state index is 12.4. The van der Waals surface area contributed by atoms with E-state index in [4.69, 9.17) is 0 Å². The zero-order chi connectivity index (χ0) is 21.6. The molecule has 0 aliphatic heterocycles. The minimum Gasteiger partial charge on any atom is -0.351 e. The van der Waals surface area contributed by atoms with Crippen molar-refractivity contribution in [3.8, 4) is 17.1 Å². The number of amides is 1. The Morgan fingerprint density at radius 3 is 2.48 bits per heavy atom. The molecule has 2 heterocycles. The average Bonchev–Trinajstić information content (AvgIpc) is 3.23. The number of benzene rings is 2. The Balaban J connectivity index is 1.56. The van der Waals surface area contributed by atoms with E-state index in [0.29, 0.717) is 11.7 Å². The standard InChI is InChI=1S/C24H23N5OS/c1-17-8-9-21(14-18(17)2)29-23(20-10-12-25-13-11-20)27-28-24(29)31-16-22(30)26-15-19-6-4-3-5-7-19/h3-14H,15-16H2,1-2H3,(H,26,30). The highest BCUT2D eigenvalue weighted by Crippen LogP contribution is 2.28. The highest BCUT2D eigenvalue weighted by atomic mass is 32.2. The number of nitrogens with one attached hydrogen (secondary N) is 1. The van der Waals surface area contributed by atoms with Gasteiger partial charge in [-0.25, -0.2) is 0 Å². The van der Waals surface area contributed by atoms with Crippen molar-refractivity contribution < 1.29 is 4.79 Å². The van der Waals surface area contributed by atoms with Crippen LogP contribution in [-0.2, 0) is 11.3 Å². The number of hydrogen-bond donors (Lipinski definition) is 1. The number of aryl methyl sites for hydroxylation is 2. The second-order valence-electron chi connectivity index (χ2n) is 7.20. The van der Waals surface area contributed by atoms with Gasteiger partial charge in [0.2, 0.25) is 5.91 Å². The zero-order valence-electron chi connectivity index (χ0n) is 17.4. The van der Waals surface area contributed by atoms with Gasteiger partial charge in [0.25, 0.3) is 0 Å². The molecule has 0 radical (unpaired) electrons. The summed E-state index contributed by atoms with van der Waals surface area (Å²) >= 11 is 1.37. The van der Waals surface area contributed by atoms with Crippen LogP contribution < -0.4 is 5.32 Å². The van der Waals surface area contributed by atoms with Crippen LogP contribution in [0.15, 0.2) is 78.2 Å². The summed E-state index contributed by atoms with van der Waals surface area (Å²) in [6, 6.07) is 19.9. The van der Waals surface area contributed by atoms with Crippen LogP contribution in [0.1, 0.15) is 16.7 Å². The zero-order valence-corrected chi connectivity index (χ0v) is 18.3. The Kier molecular flexibility index (Phi) is 6.43. The molecule has 0 bridgehead atoms. The van der Waals surface area contributed by atoms with Crippen LogP contribution in [-0.4, -0.2) is 31.4 Å². The molecule has 0 spiro atoms. The van der Waals surface area contributed by atoms with Gasteiger partial charge in [-0.2, -0.15) is 0 Å². The van der Waals surface area contributed by atoms with E-state index < -0.39 is 0 Å². The van der Waals surface area contributed by atoms with Gasteiger partial charge < -0.3 is 5.32 Å². The van der Waals surface area contributed by atoms with E-state index in [0.717, 1.165) is 22.6 Å². The van der Waals surface area contributed by atoms with Gasteiger partial charge in [-0.1, -0.05) is 48.2 Å². The first kappa shape index (κ1) is 20.8. The number of rotatable bonds is 7. The van der Waals surface area contributed by atoms with Gasteiger partial charge in [0.1, 0.15) is 0 Å². The van der Waals surface area contributed by atoms with Crippen molar-refractivity contribution >= 4 is 17.7 Å². The highest BCUT2D eigenvalue weighted by molar-refractivity contribution is 7.99. The molecule has 31 heavy (non-hydrogen) atoms. The van der Waals surface area contributed by atoms with E-state index in [1.54, 1.807) is 12.4 Å². The quantitative estimate of drug-likeness (QED) is 0.442. The summed E-state index contributed by atoms with van der Waals surface area (Å²) in [5.41, 5.74) is 5.35. The summed E-state index contributed by atoms with van der Waals surface area (Å²) in [6.07, 6.45) is 3.47. The minimum absolute atomic E-state index is 0.0473. The lowest BCUT2D eigenvalue weighted by Gasteiger charge is -2.12. The monoisotopic (exact) mass is 429 g/mol. The van der Waals surface area contributed by atoms with Crippen molar-refractivity contribution in [3.63, 3.8) is 0 Å². The van der Waals surface area contributed by atoms with Gasteiger partial charge in [-0.05, 0) is 54.8 Å². The first-order chi connectivity index (χ1) is 15.1. The predicted octanol–water partition coefficient (Wildman–Crippen LogP) is 4.35. The molecule has 0 aliphatic carbocycles. The summed E-state index contributed by atoms with van der Waals surface area (Å²) < 4.78 is 2.00. The lowest BCUT2D eigenvalue weighted by molar-refractivity contribution is -0.118. The second kappa shape index (κ2) is 9.57. The Morgan fingerprint density at radius 2 is 1.74 bits per heavy atom. The number of nitrogens with zero attached hydrogens (tertiary/aromatic N) is 4. The molecule has 0 unspecified atom stereocenters. The molecule has 4 aromatic rings. The molecule has 1 N–H and O–H groups in total. The molecular weight excluding hydrogens is 406 g/mol. The van der Waals surface area contributed by atoms with Crippen LogP contribution in [0.5, 0.6) is 0 Å². The Bertz CT molecular complexity index is 1180. The fourth-order valence-electron chi connectivity index (χ4n) is 3.13. The van der Waals surface area contributed by atoms with Crippen LogP contribution in [0.4, 0.5) is 0 Å². The number of aromatic nitrogens is 4. The van der Waals surface area contributed by atoms with E-state index in [1.807, 2.05) is 47.0 Å². The molecule has 1 amide bonds. The number of hydrogen-bond acceptors (Lipinski definition) is 5. The van der Waals surface area contributed by atoms with Gasteiger partial charge in [0.15, 0.2) is 11.0 Å². The summed E-state index contributed by atoms with van der Waals surface area (Å²) in [7, 11) is 0. The Morgan fingerprint density at radius 1 is 0.968 bits per heavy atom. The molecule has 0 saturated heterocycles. The summed E-state index contributed by atoms with van der Waals surface area (Å²) in [5, 5.41) is 12.4. The molecule has 6 nitrogen and oxygen atoms in total. The van der Waals surface area contributed by atoms with Crippen LogP contribution in [0, 0.1) is 13.8 Å². The first-order valence-electron chi connectivity index (χ1n) is 9.98. The van der Waals surface area contributed by atoms with Crippen molar-refractivity contribution in [2.45, 2.75) is 25.5 Å². The molecule has 4 rings (SSSR count). The molecule has 0 fully saturated rings. The normalized spacial score (nSPS) is 10.8. The van der Waals surface area contributed by atoms with E-state index >= 15 is 0 Å². The third kappa shape index (κ3) is 5.00. The molecule has 2 aromatic heterocycles. The Labute approximate surface area is 185 Å². The van der Waals surface area contributed by atoms with Gasteiger partial charge in [-0.3, -0.25) is 14.3 Å². The number of carbonyl (C=O) groups is 1. The summed E-state index contributed by atoms with van der Waals surface area (Å²) in [6.45, 7) is 4.67. The molecule has 2 aromatic carbocycles. The SMILES string of the molecule is Cc1ccc(-n2c(SCC(=O)NCc3ccccc3)nnc2-c2ccncc2)cc1C. The number of carbonyl (C=O) groups excluding carboxylic acids is 1. The van der Waals surface area contributed by atoms with E-state index in [2.05, 4.69) is 52.5 Å². The smallest absolute Gasteiger partial charge is 0.230 e. The van der Waals surface area contributed by atoms with Crippen LogP contribution in [0.25, 0.3) is 17.1 Å². The lowest BCUT2D eigenvalue weighted by atomic mass is 10.1. The third-order valence-electron chi connectivity index (χ3n) is 4.99. The highest BCUT2D eigenvalue weighted by Gasteiger charge is 2.17. The fraction of sp³-hybridized carbons (Fsp3) is 0.167. The molecule has 0 atom stereocenters. The molecule has 0 aliphatic rings. The maximum absolute atomic E-state index is 12.4. The molecule has 7 heteroatoms. The largest absolute Gasteiger partial charge is 0.351 e. The summed E-state index contributed by atoms with van der Waals surface area (Å²) in [5.74, 6) is 0.929. The molecular formula is C24H23N5OS. The average molecular weight is 430 g/mol. The Hall–Kier alpha value is -3.45. The topological polar surface area (TPSA) is 72.7 Å². The van der Waals surface area contributed by atoms with Crippen LogP contribution in [0.3, 0.4) is 0 Å². The van der Waals surface area contributed by atoms with Crippen molar-refractivity contribution in [1.29, 1.82) is 0 Å². The third-order valence-corrected chi connectivity index (χ3v) is 5.91. The number of pyridine rings is 1. The minimum atomic E-state index is -0.0473. The number of thioether (sulfide) groups is 1. The van der Waals surface area contributed by atoms with Crippen molar-refractivity contribution in [2.24, 2.45) is 0 Å². The van der Waals surface area contributed by atoms with Gasteiger partial charge >= 0.3 is 0 Å². The molecule has 156 valence electrons. The van der Waals surface area contributed by atoms with E-state index in [-0.39, 0.29) is 11.7 Å². The lowest BCUT2D eigenvalue weighted by Crippen LogP contribution is -2.24. The first-order valence-corrected chi connectivity index (χ1v) is 11.0. The van der Waals surface area contributed by atoms with Crippen molar-refractivity contribution in [2.75, 3.05) is 5.75 Å². The van der Waals surface area contributed by atoms with Crippen LogP contribution >= 0.6 is 11.8 Å². The van der Waals surface area contributed by atoms with Gasteiger partial charge in [0, 0.05) is 24.5 Å². The van der Waals surface area contributed by atoms with Crippen molar-refractivity contribution in [1.82, 2.24) is 25.1 Å². The van der Waals surface area contributed by atoms with Crippen LogP contribution in [0.2, 0.25) is 0 Å². The van der Waals surface area contributed by atoms with E-state index in [1.165, 1.54) is 22.9 Å². The second-order valence-corrected chi connectivity index (χ2v) is 8.14.